The number of carbonyl (C=O) groups is 2. The summed E-state index contributed by atoms with van der Waals surface area (Å²) in [4.78, 5) is 23.8. The summed E-state index contributed by atoms with van der Waals surface area (Å²) in [5.41, 5.74) is -0.0889. The zero-order valence-electron chi connectivity index (χ0n) is 10.9. The van der Waals surface area contributed by atoms with Crippen LogP contribution in [0.5, 0.6) is 0 Å². The van der Waals surface area contributed by atoms with Crippen LogP contribution in [0.3, 0.4) is 0 Å². The van der Waals surface area contributed by atoms with Crippen LogP contribution in [0.2, 0.25) is 0 Å². The zero-order valence-corrected chi connectivity index (χ0v) is 11.7. The SMILES string of the molecule is CC(=O)SC1CCN(C(=O)O)C(C(C)(C)C)C1. The number of nitrogens with zero attached hydrogens (tertiary/aromatic N) is 1. The molecular formula is C12H21NO3S. The van der Waals surface area contributed by atoms with E-state index in [1.807, 2.05) is 0 Å². The number of hydrogen-bond acceptors (Lipinski definition) is 3. The van der Waals surface area contributed by atoms with Gasteiger partial charge in [-0.15, -0.1) is 0 Å². The number of amides is 1. The first-order chi connectivity index (χ1) is 7.71. The molecule has 1 aliphatic heterocycles. The van der Waals surface area contributed by atoms with Crippen molar-refractivity contribution in [3.63, 3.8) is 0 Å². The van der Waals surface area contributed by atoms with Gasteiger partial charge >= 0.3 is 6.09 Å². The second-order valence-electron chi connectivity index (χ2n) is 5.61. The first-order valence-corrected chi connectivity index (χ1v) is 6.76. The summed E-state index contributed by atoms with van der Waals surface area (Å²) in [7, 11) is 0. The Balaban J connectivity index is 2.77. The maximum Gasteiger partial charge on any atom is 0.407 e. The number of hydrogen-bond donors (Lipinski definition) is 1. The number of rotatable bonds is 1. The molecule has 0 aromatic heterocycles. The van der Waals surface area contributed by atoms with Crippen LogP contribution in [0.1, 0.15) is 40.5 Å². The number of piperidine rings is 1. The van der Waals surface area contributed by atoms with Crippen LogP contribution in [0.15, 0.2) is 0 Å². The van der Waals surface area contributed by atoms with E-state index in [-0.39, 0.29) is 21.8 Å². The molecule has 1 saturated heterocycles. The molecule has 0 spiro atoms. The van der Waals surface area contributed by atoms with Crippen LogP contribution >= 0.6 is 11.8 Å². The molecule has 17 heavy (non-hydrogen) atoms. The van der Waals surface area contributed by atoms with Crippen molar-refractivity contribution in [2.24, 2.45) is 5.41 Å². The predicted molar refractivity (Wildman–Crippen MR) is 69.3 cm³/mol. The zero-order chi connectivity index (χ0) is 13.2. The summed E-state index contributed by atoms with van der Waals surface area (Å²) in [6, 6.07) is -0.00870. The van der Waals surface area contributed by atoms with E-state index in [2.05, 4.69) is 20.8 Å². The molecule has 2 unspecified atom stereocenters. The highest BCUT2D eigenvalue weighted by molar-refractivity contribution is 8.14. The molecule has 5 heteroatoms. The molecule has 98 valence electrons. The van der Waals surface area contributed by atoms with E-state index >= 15 is 0 Å². The highest BCUT2D eigenvalue weighted by Crippen LogP contribution is 2.36. The second kappa shape index (κ2) is 5.29. The van der Waals surface area contributed by atoms with Gasteiger partial charge in [-0.2, -0.15) is 0 Å². The predicted octanol–water partition coefficient (Wildman–Crippen LogP) is 2.82. The van der Waals surface area contributed by atoms with Crippen molar-refractivity contribution in [3.05, 3.63) is 0 Å². The number of carboxylic acid groups (broad SMARTS) is 1. The van der Waals surface area contributed by atoms with Crippen LogP contribution in [0.25, 0.3) is 0 Å². The summed E-state index contributed by atoms with van der Waals surface area (Å²) in [5.74, 6) is 0. The van der Waals surface area contributed by atoms with E-state index in [1.54, 1.807) is 6.92 Å². The van der Waals surface area contributed by atoms with Crippen LogP contribution < -0.4 is 0 Å². The minimum absolute atomic E-state index is 0.00870. The summed E-state index contributed by atoms with van der Waals surface area (Å²) in [6.07, 6.45) is 0.680. The lowest BCUT2D eigenvalue weighted by molar-refractivity contribution is -0.109. The molecule has 0 bridgehead atoms. The van der Waals surface area contributed by atoms with Gasteiger partial charge in [0, 0.05) is 24.8 Å². The molecule has 1 amide bonds. The van der Waals surface area contributed by atoms with E-state index < -0.39 is 6.09 Å². The molecule has 0 saturated carbocycles. The molecule has 4 nitrogen and oxygen atoms in total. The summed E-state index contributed by atoms with van der Waals surface area (Å²) < 4.78 is 0. The maximum atomic E-state index is 11.2. The van der Waals surface area contributed by atoms with Gasteiger partial charge in [0.25, 0.3) is 0 Å². The average molecular weight is 259 g/mol. The van der Waals surface area contributed by atoms with Gasteiger partial charge in [-0.25, -0.2) is 4.79 Å². The molecule has 0 aromatic carbocycles. The molecule has 0 aromatic rings. The van der Waals surface area contributed by atoms with E-state index in [1.165, 1.54) is 16.7 Å². The Morgan fingerprint density at radius 1 is 1.35 bits per heavy atom. The van der Waals surface area contributed by atoms with Crippen molar-refractivity contribution >= 4 is 23.0 Å². The van der Waals surface area contributed by atoms with Crippen molar-refractivity contribution < 1.29 is 14.7 Å². The van der Waals surface area contributed by atoms with Crippen molar-refractivity contribution in [2.75, 3.05) is 6.54 Å². The number of likely N-dealkylation sites (tertiary alicyclic amines) is 1. The molecule has 1 aliphatic rings. The Morgan fingerprint density at radius 3 is 2.35 bits per heavy atom. The standard InChI is InChI=1S/C12H21NO3S/c1-8(14)17-9-5-6-13(11(15)16)10(7-9)12(2,3)4/h9-10H,5-7H2,1-4H3,(H,15,16). The van der Waals surface area contributed by atoms with Crippen LogP contribution in [0.4, 0.5) is 4.79 Å². The lowest BCUT2D eigenvalue weighted by atomic mass is 9.80. The van der Waals surface area contributed by atoms with E-state index in [0.29, 0.717) is 6.54 Å². The largest absolute Gasteiger partial charge is 0.465 e. The lowest BCUT2D eigenvalue weighted by Gasteiger charge is -2.44. The van der Waals surface area contributed by atoms with Gasteiger partial charge in [-0.05, 0) is 18.3 Å². The highest BCUT2D eigenvalue weighted by atomic mass is 32.2. The topological polar surface area (TPSA) is 57.6 Å². The third-order valence-electron chi connectivity index (χ3n) is 3.13. The molecule has 0 radical (unpaired) electrons. The van der Waals surface area contributed by atoms with Gasteiger partial charge in [-0.1, -0.05) is 32.5 Å². The van der Waals surface area contributed by atoms with Crippen LogP contribution in [-0.2, 0) is 4.79 Å². The third kappa shape index (κ3) is 3.91. The molecule has 1 heterocycles. The van der Waals surface area contributed by atoms with Gasteiger partial charge in [0.15, 0.2) is 5.12 Å². The molecule has 0 aliphatic carbocycles. The quantitative estimate of drug-likeness (QED) is 0.786. The molecule has 1 fully saturated rings. The van der Waals surface area contributed by atoms with E-state index in [9.17, 15) is 14.7 Å². The molecule has 1 rings (SSSR count). The van der Waals surface area contributed by atoms with Crippen molar-refractivity contribution in [2.45, 2.75) is 51.8 Å². The average Bonchev–Trinajstić information content (AvgIpc) is 2.14. The minimum atomic E-state index is -0.851. The number of thioether (sulfide) groups is 1. The summed E-state index contributed by atoms with van der Waals surface area (Å²) >= 11 is 1.35. The Bertz CT molecular complexity index is 311. The maximum absolute atomic E-state index is 11.2. The van der Waals surface area contributed by atoms with Gasteiger partial charge in [0.1, 0.15) is 0 Å². The van der Waals surface area contributed by atoms with Gasteiger partial charge in [0.05, 0.1) is 0 Å². The highest BCUT2D eigenvalue weighted by Gasteiger charge is 2.39. The monoisotopic (exact) mass is 259 g/mol. The minimum Gasteiger partial charge on any atom is -0.465 e. The summed E-state index contributed by atoms with van der Waals surface area (Å²) in [5, 5.41) is 9.57. The van der Waals surface area contributed by atoms with Crippen molar-refractivity contribution in [1.82, 2.24) is 4.90 Å². The molecular weight excluding hydrogens is 238 g/mol. The second-order valence-corrected chi connectivity index (χ2v) is 7.09. The van der Waals surface area contributed by atoms with Crippen LogP contribution in [0, 0.1) is 5.41 Å². The van der Waals surface area contributed by atoms with E-state index in [4.69, 9.17) is 0 Å². The fraction of sp³-hybridized carbons (Fsp3) is 0.833. The Kier molecular flexibility index (Phi) is 4.47. The first kappa shape index (κ1) is 14.4. The van der Waals surface area contributed by atoms with Crippen molar-refractivity contribution in [1.29, 1.82) is 0 Å². The van der Waals surface area contributed by atoms with Gasteiger partial charge < -0.3 is 10.0 Å². The van der Waals surface area contributed by atoms with Gasteiger partial charge in [-0.3, -0.25) is 4.79 Å². The van der Waals surface area contributed by atoms with Crippen LogP contribution in [-0.4, -0.2) is 39.1 Å². The Labute approximate surface area is 107 Å². The Morgan fingerprint density at radius 2 is 1.94 bits per heavy atom. The smallest absolute Gasteiger partial charge is 0.407 e. The molecule has 1 N–H and O–H groups in total. The fourth-order valence-electron chi connectivity index (χ4n) is 2.32. The molecule has 2 atom stereocenters. The number of carbonyl (C=O) groups excluding carboxylic acids is 1. The lowest BCUT2D eigenvalue weighted by Crippen LogP contribution is -2.52. The Hall–Kier alpha value is -0.710. The normalized spacial score (nSPS) is 25.8. The summed E-state index contributed by atoms with van der Waals surface area (Å²) in [6.45, 7) is 8.25. The van der Waals surface area contributed by atoms with Gasteiger partial charge in [0.2, 0.25) is 0 Å². The first-order valence-electron chi connectivity index (χ1n) is 5.88. The fourth-order valence-corrected chi connectivity index (χ4v) is 3.30. The third-order valence-corrected chi connectivity index (χ3v) is 4.23. The van der Waals surface area contributed by atoms with Crippen molar-refractivity contribution in [3.8, 4) is 0 Å². The van der Waals surface area contributed by atoms with E-state index in [0.717, 1.165) is 12.8 Å².